The van der Waals surface area contributed by atoms with Crippen molar-refractivity contribution in [3.05, 3.63) is 81.7 Å². The zero-order valence-electron chi connectivity index (χ0n) is 17.6. The van der Waals surface area contributed by atoms with Gasteiger partial charge in [-0.25, -0.2) is 0 Å². The number of ether oxygens (including phenoxy) is 1. The summed E-state index contributed by atoms with van der Waals surface area (Å²) < 4.78 is 6.68. The highest BCUT2D eigenvalue weighted by Crippen LogP contribution is 2.29. The Bertz CT molecular complexity index is 1380. The molecular weight excluding hydrogens is 426 g/mol. The Morgan fingerprint density at radius 3 is 2.78 bits per heavy atom. The normalized spacial score (nSPS) is 16.2. The lowest BCUT2D eigenvalue weighted by Gasteiger charge is -2.25. The zero-order chi connectivity index (χ0) is 22.2. The van der Waals surface area contributed by atoms with Crippen LogP contribution >= 0.6 is 11.6 Å². The summed E-state index contributed by atoms with van der Waals surface area (Å²) in [4.78, 5) is 29.2. The number of methoxy groups -OCH3 is 1. The summed E-state index contributed by atoms with van der Waals surface area (Å²) >= 11 is 6.29. The van der Waals surface area contributed by atoms with Crippen LogP contribution in [-0.2, 0) is 4.74 Å². The van der Waals surface area contributed by atoms with Gasteiger partial charge >= 0.3 is 0 Å². The smallest absolute Gasteiger partial charge is 0.279 e. The van der Waals surface area contributed by atoms with Crippen LogP contribution in [0.15, 0.2) is 65.6 Å². The molecule has 1 aliphatic heterocycles. The number of rotatable bonds is 4. The highest BCUT2D eigenvalue weighted by molar-refractivity contribution is 6.31. The lowest BCUT2D eigenvalue weighted by Crippen LogP contribution is -2.39. The average Bonchev–Trinajstić information content (AvgIpc) is 3.28. The summed E-state index contributed by atoms with van der Waals surface area (Å²) in [5.41, 5.74) is 1.81. The van der Waals surface area contributed by atoms with Crippen molar-refractivity contribution in [2.75, 3.05) is 20.3 Å². The molecule has 32 heavy (non-hydrogen) atoms. The molecule has 6 nitrogen and oxygen atoms in total. The first-order chi connectivity index (χ1) is 15.6. The van der Waals surface area contributed by atoms with Gasteiger partial charge in [0.15, 0.2) is 0 Å². The van der Waals surface area contributed by atoms with Crippen LogP contribution in [0.2, 0.25) is 5.02 Å². The molecule has 1 aliphatic rings. The number of carbonyl (C=O) groups excluding carboxylic acids is 1. The molecule has 0 unspecified atom stereocenters. The number of fused-ring (bicyclic) bond motifs is 3. The number of nitrogens with zero attached hydrogens (tertiary/aromatic N) is 3. The van der Waals surface area contributed by atoms with Crippen LogP contribution in [-0.4, -0.2) is 46.7 Å². The van der Waals surface area contributed by atoms with Crippen molar-refractivity contribution >= 4 is 33.8 Å². The van der Waals surface area contributed by atoms with E-state index in [1.165, 1.54) is 4.52 Å². The minimum Gasteiger partial charge on any atom is -0.383 e. The number of pyridine rings is 1. The van der Waals surface area contributed by atoms with E-state index in [1.807, 2.05) is 41.3 Å². The molecule has 1 amide bonds. The molecule has 162 valence electrons. The maximum Gasteiger partial charge on any atom is 0.279 e. The van der Waals surface area contributed by atoms with Gasteiger partial charge in [-0.3, -0.25) is 9.59 Å². The van der Waals surface area contributed by atoms with Gasteiger partial charge in [-0.1, -0.05) is 48.0 Å². The number of amides is 1. The molecule has 0 bridgehead atoms. The van der Waals surface area contributed by atoms with E-state index in [0.29, 0.717) is 34.8 Å². The predicted molar refractivity (Wildman–Crippen MR) is 125 cm³/mol. The number of halogens is 1. The van der Waals surface area contributed by atoms with Crippen molar-refractivity contribution in [2.24, 2.45) is 0 Å². The van der Waals surface area contributed by atoms with Crippen molar-refractivity contribution in [1.29, 1.82) is 0 Å². The lowest BCUT2D eigenvalue weighted by atomic mass is 10.0. The van der Waals surface area contributed by atoms with Gasteiger partial charge in [0, 0.05) is 35.0 Å². The van der Waals surface area contributed by atoms with E-state index in [2.05, 4.69) is 5.10 Å². The second kappa shape index (κ2) is 8.37. The Hall–Kier alpha value is -3.22. The molecule has 0 spiro atoms. The van der Waals surface area contributed by atoms with Crippen LogP contribution in [0.5, 0.6) is 0 Å². The third-order valence-electron chi connectivity index (χ3n) is 6.07. The third-order valence-corrected chi connectivity index (χ3v) is 6.31. The fraction of sp³-hybridized carbons (Fsp3) is 0.240. The molecule has 5 rings (SSSR count). The summed E-state index contributed by atoms with van der Waals surface area (Å²) in [5.74, 6) is -0.131. The predicted octanol–water partition coefficient (Wildman–Crippen LogP) is 4.42. The summed E-state index contributed by atoms with van der Waals surface area (Å²) in [6.45, 7) is 1.13. The van der Waals surface area contributed by atoms with Gasteiger partial charge in [-0.05, 0) is 36.6 Å². The molecule has 4 aromatic rings. The third kappa shape index (κ3) is 3.45. The molecule has 1 saturated heterocycles. The number of carbonyl (C=O) groups is 1. The lowest BCUT2D eigenvalue weighted by molar-refractivity contribution is 0.0632. The number of aromatic nitrogens is 2. The topological polar surface area (TPSA) is 63.9 Å². The van der Waals surface area contributed by atoms with E-state index in [9.17, 15) is 9.59 Å². The van der Waals surface area contributed by atoms with Crippen LogP contribution < -0.4 is 5.56 Å². The highest BCUT2D eigenvalue weighted by Gasteiger charge is 2.31. The van der Waals surface area contributed by atoms with E-state index < -0.39 is 0 Å². The van der Waals surface area contributed by atoms with Crippen LogP contribution in [0.25, 0.3) is 27.4 Å². The maximum atomic E-state index is 13.9. The minimum absolute atomic E-state index is 0.00572. The molecule has 0 radical (unpaired) electrons. The van der Waals surface area contributed by atoms with Crippen molar-refractivity contribution < 1.29 is 9.53 Å². The van der Waals surface area contributed by atoms with Gasteiger partial charge in [0.2, 0.25) is 0 Å². The molecule has 3 heterocycles. The van der Waals surface area contributed by atoms with E-state index in [-0.39, 0.29) is 17.5 Å². The number of hydrogen-bond donors (Lipinski definition) is 0. The first-order valence-corrected chi connectivity index (χ1v) is 11.0. The van der Waals surface area contributed by atoms with Crippen LogP contribution in [0.1, 0.15) is 23.2 Å². The van der Waals surface area contributed by atoms with Gasteiger partial charge in [0.25, 0.3) is 11.5 Å². The second-order valence-corrected chi connectivity index (χ2v) is 8.47. The van der Waals surface area contributed by atoms with Crippen LogP contribution in [0, 0.1) is 0 Å². The van der Waals surface area contributed by atoms with Crippen molar-refractivity contribution in [3.63, 3.8) is 0 Å². The van der Waals surface area contributed by atoms with Crippen LogP contribution in [0.3, 0.4) is 0 Å². The van der Waals surface area contributed by atoms with Crippen molar-refractivity contribution in [2.45, 2.75) is 18.9 Å². The van der Waals surface area contributed by atoms with E-state index in [1.54, 1.807) is 31.5 Å². The van der Waals surface area contributed by atoms with Gasteiger partial charge in [-0.2, -0.15) is 9.61 Å². The molecule has 7 heteroatoms. The summed E-state index contributed by atoms with van der Waals surface area (Å²) in [5, 5.41) is 6.47. The maximum absolute atomic E-state index is 13.9. The molecule has 0 saturated carbocycles. The molecule has 2 aromatic heterocycles. The van der Waals surface area contributed by atoms with E-state index in [0.717, 1.165) is 29.2 Å². The Morgan fingerprint density at radius 2 is 2.00 bits per heavy atom. The Morgan fingerprint density at radius 1 is 1.19 bits per heavy atom. The largest absolute Gasteiger partial charge is 0.383 e. The number of benzene rings is 2. The Labute approximate surface area is 190 Å². The summed E-state index contributed by atoms with van der Waals surface area (Å²) in [6.07, 6.45) is 3.44. The summed E-state index contributed by atoms with van der Waals surface area (Å²) in [7, 11) is 1.64. The van der Waals surface area contributed by atoms with Gasteiger partial charge in [0.1, 0.15) is 0 Å². The molecule has 1 atom stereocenters. The fourth-order valence-corrected chi connectivity index (χ4v) is 4.72. The molecule has 0 aliphatic carbocycles. The first-order valence-electron chi connectivity index (χ1n) is 10.6. The Balaban J connectivity index is 1.82. The molecule has 0 N–H and O–H groups in total. The number of likely N-dealkylation sites (tertiary alicyclic amines) is 1. The first kappa shape index (κ1) is 20.7. The SMILES string of the molecule is COC[C@H]1CCCN1C(=O)c1cc(-c2ccccc2)c(=O)n2ncc3ccc(Cl)cc3c12. The molecular formula is C25H22ClN3O3. The average molecular weight is 448 g/mol. The van der Waals surface area contributed by atoms with Gasteiger partial charge in [-0.15, -0.1) is 0 Å². The Kier molecular flexibility index (Phi) is 5.41. The van der Waals surface area contributed by atoms with Gasteiger partial charge in [0.05, 0.1) is 29.9 Å². The van der Waals surface area contributed by atoms with Gasteiger partial charge < -0.3 is 9.64 Å². The quantitative estimate of drug-likeness (QED) is 0.434. The minimum atomic E-state index is -0.278. The van der Waals surface area contributed by atoms with Crippen molar-refractivity contribution in [1.82, 2.24) is 14.5 Å². The second-order valence-electron chi connectivity index (χ2n) is 8.03. The molecule has 1 fully saturated rings. The monoisotopic (exact) mass is 447 g/mol. The number of hydrogen-bond acceptors (Lipinski definition) is 4. The fourth-order valence-electron chi connectivity index (χ4n) is 4.55. The molecule has 2 aromatic carbocycles. The standard InChI is InChI=1S/C25H22ClN3O3/c1-32-15-19-8-5-11-28(19)24(30)22-13-21(16-6-3-2-4-7-16)25(31)29-23(22)20-12-18(26)10-9-17(20)14-27-29/h2-4,6-7,9-10,12-14,19H,5,8,11,15H2,1H3/t19-/m1/s1. The van der Waals surface area contributed by atoms with E-state index >= 15 is 0 Å². The summed E-state index contributed by atoms with van der Waals surface area (Å²) in [6, 6.07) is 16.5. The zero-order valence-corrected chi connectivity index (χ0v) is 18.4. The van der Waals surface area contributed by atoms with Crippen molar-refractivity contribution in [3.8, 4) is 11.1 Å². The van der Waals surface area contributed by atoms with E-state index in [4.69, 9.17) is 16.3 Å². The van der Waals surface area contributed by atoms with Crippen LogP contribution in [0.4, 0.5) is 0 Å². The highest BCUT2D eigenvalue weighted by atomic mass is 35.5.